The number of rotatable bonds is 9. The van der Waals surface area contributed by atoms with E-state index in [4.69, 9.17) is 25.4 Å². The number of carbonyl (C=O) groups excluding carboxylic acids is 1. The van der Waals surface area contributed by atoms with Gasteiger partial charge >= 0.3 is 11.9 Å². The molecule has 140 valence electrons. The van der Waals surface area contributed by atoms with Gasteiger partial charge in [-0.15, -0.1) is 0 Å². The lowest BCUT2D eigenvalue weighted by atomic mass is 9.98. The highest BCUT2D eigenvalue weighted by molar-refractivity contribution is 5.78. The third-order valence-corrected chi connectivity index (χ3v) is 3.87. The van der Waals surface area contributed by atoms with E-state index in [0.29, 0.717) is 19.4 Å². The van der Waals surface area contributed by atoms with Crippen molar-refractivity contribution in [2.75, 3.05) is 13.2 Å². The van der Waals surface area contributed by atoms with Crippen LogP contribution in [0.4, 0.5) is 0 Å². The number of esters is 1. The minimum absolute atomic E-state index is 0.246. The SMILES string of the molecule is NCCCC[C@H](CC(=O)OC1O[C@H](CO)[C@@H](O)[C@H](O)[C@H]1O)C(=O)O. The molecule has 1 heterocycles. The van der Waals surface area contributed by atoms with Crippen molar-refractivity contribution >= 4 is 11.9 Å². The maximum Gasteiger partial charge on any atom is 0.309 e. The summed E-state index contributed by atoms with van der Waals surface area (Å²) in [7, 11) is 0. The molecule has 1 aliphatic heterocycles. The van der Waals surface area contributed by atoms with E-state index in [9.17, 15) is 24.9 Å². The molecule has 0 saturated carbocycles. The van der Waals surface area contributed by atoms with Crippen LogP contribution >= 0.6 is 0 Å². The van der Waals surface area contributed by atoms with Gasteiger partial charge in [0.25, 0.3) is 0 Å². The topological polar surface area (TPSA) is 180 Å². The van der Waals surface area contributed by atoms with Crippen molar-refractivity contribution in [3.8, 4) is 0 Å². The van der Waals surface area contributed by atoms with E-state index < -0.39 is 61.6 Å². The van der Waals surface area contributed by atoms with Gasteiger partial charge in [-0.25, -0.2) is 0 Å². The summed E-state index contributed by atoms with van der Waals surface area (Å²) in [6.45, 7) is -0.239. The second-order valence-corrected chi connectivity index (χ2v) is 5.71. The molecule has 0 aromatic carbocycles. The van der Waals surface area contributed by atoms with Crippen LogP contribution in [-0.2, 0) is 19.1 Å². The van der Waals surface area contributed by atoms with Gasteiger partial charge in [-0.2, -0.15) is 0 Å². The Balaban J connectivity index is 2.59. The Morgan fingerprint density at radius 3 is 2.33 bits per heavy atom. The molecule has 1 rings (SSSR count). The molecule has 1 saturated heterocycles. The Morgan fingerprint density at radius 1 is 1.12 bits per heavy atom. The van der Waals surface area contributed by atoms with E-state index in [0.717, 1.165) is 0 Å². The number of carboxylic acid groups (broad SMARTS) is 1. The highest BCUT2D eigenvalue weighted by atomic mass is 16.7. The van der Waals surface area contributed by atoms with E-state index >= 15 is 0 Å². The second-order valence-electron chi connectivity index (χ2n) is 5.71. The van der Waals surface area contributed by atoms with Crippen molar-refractivity contribution in [2.45, 2.75) is 56.4 Å². The minimum atomic E-state index is -1.72. The third-order valence-electron chi connectivity index (χ3n) is 3.87. The molecule has 0 bridgehead atoms. The summed E-state index contributed by atoms with van der Waals surface area (Å²) in [5.41, 5.74) is 5.33. The van der Waals surface area contributed by atoms with Crippen LogP contribution in [0.3, 0.4) is 0 Å². The predicted molar refractivity (Wildman–Crippen MR) is 78.5 cm³/mol. The number of aliphatic hydroxyl groups excluding tert-OH is 4. The molecule has 0 amide bonds. The average molecular weight is 351 g/mol. The van der Waals surface area contributed by atoms with Crippen LogP contribution in [0.25, 0.3) is 0 Å². The van der Waals surface area contributed by atoms with Crippen LogP contribution < -0.4 is 5.73 Å². The van der Waals surface area contributed by atoms with Gasteiger partial charge in [-0.3, -0.25) is 9.59 Å². The average Bonchev–Trinajstić information content (AvgIpc) is 2.54. The number of unbranched alkanes of at least 4 members (excludes halogenated alkanes) is 1. The van der Waals surface area contributed by atoms with Crippen molar-refractivity contribution in [1.82, 2.24) is 0 Å². The molecular weight excluding hydrogens is 326 g/mol. The van der Waals surface area contributed by atoms with Gasteiger partial charge in [0.1, 0.15) is 24.4 Å². The van der Waals surface area contributed by atoms with Crippen LogP contribution in [-0.4, -0.2) is 81.3 Å². The van der Waals surface area contributed by atoms with Crippen molar-refractivity contribution in [2.24, 2.45) is 11.7 Å². The molecule has 24 heavy (non-hydrogen) atoms. The van der Waals surface area contributed by atoms with E-state index in [1.165, 1.54) is 0 Å². The van der Waals surface area contributed by atoms with Gasteiger partial charge in [0.05, 0.1) is 18.9 Å². The molecule has 10 heteroatoms. The number of ether oxygens (including phenoxy) is 2. The smallest absolute Gasteiger partial charge is 0.309 e. The fraction of sp³-hybridized carbons (Fsp3) is 0.857. The molecule has 1 fully saturated rings. The lowest BCUT2D eigenvalue weighted by molar-refractivity contribution is -0.292. The van der Waals surface area contributed by atoms with Crippen molar-refractivity contribution in [3.05, 3.63) is 0 Å². The highest BCUT2D eigenvalue weighted by Gasteiger charge is 2.45. The Kier molecular flexibility index (Phi) is 8.53. The van der Waals surface area contributed by atoms with E-state index in [-0.39, 0.29) is 6.42 Å². The van der Waals surface area contributed by atoms with Crippen LogP contribution in [0.2, 0.25) is 0 Å². The monoisotopic (exact) mass is 351 g/mol. The van der Waals surface area contributed by atoms with Gasteiger partial charge < -0.3 is 40.7 Å². The summed E-state index contributed by atoms with van der Waals surface area (Å²) in [6, 6.07) is 0. The van der Waals surface area contributed by atoms with Crippen LogP contribution in [0.15, 0.2) is 0 Å². The quantitative estimate of drug-likeness (QED) is 0.193. The maximum atomic E-state index is 11.9. The molecule has 1 aliphatic rings. The van der Waals surface area contributed by atoms with Gasteiger partial charge in [0.15, 0.2) is 0 Å². The minimum Gasteiger partial charge on any atom is -0.481 e. The van der Waals surface area contributed by atoms with Gasteiger partial charge in [0, 0.05) is 0 Å². The molecule has 0 aromatic heterocycles. The molecule has 6 atom stereocenters. The standard InChI is InChI=1S/C14H25NO9/c15-4-2-1-3-7(13(21)22)5-9(17)24-14-12(20)11(19)10(18)8(6-16)23-14/h7-8,10-12,14,16,18-20H,1-6,15H2,(H,21,22)/t7-,8-,10-,11+,12-,14?/m1/s1. The summed E-state index contributed by atoms with van der Waals surface area (Å²) in [4.78, 5) is 23.0. The van der Waals surface area contributed by atoms with Gasteiger partial charge in [0.2, 0.25) is 6.29 Å². The van der Waals surface area contributed by atoms with E-state index in [1.807, 2.05) is 0 Å². The first-order valence-electron chi connectivity index (χ1n) is 7.74. The zero-order valence-electron chi connectivity index (χ0n) is 13.2. The lowest BCUT2D eigenvalue weighted by Gasteiger charge is -2.39. The number of aliphatic carboxylic acids is 1. The molecule has 0 aromatic rings. The van der Waals surface area contributed by atoms with Crippen LogP contribution in [0, 0.1) is 5.92 Å². The Morgan fingerprint density at radius 2 is 1.79 bits per heavy atom. The van der Waals surface area contributed by atoms with Gasteiger partial charge in [-0.1, -0.05) is 6.42 Å². The predicted octanol–water partition coefficient (Wildman–Crippen LogP) is -2.45. The second kappa shape index (κ2) is 9.87. The molecule has 1 unspecified atom stereocenters. The first-order valence-corrected chi connectivity index (χ1v) is 7.74. The fourth-order valence-electron chi connectivity index (χ4n) is 2.39. The first kappa shape index (κ1) is 20.7. The Hall–Kier alpha value is -1.30. The molecule has 0 aliphatic carbocycles. The normalized spacial score (nSPS) is 31.5. The van der Waals surface area contributed by atoms with Crippen LogP contribution in [0.1, 0.15) is 25.7 Å². The number of carbonyl (C=O) groups is 2. The third kappa shape index (κ3) is 5.65. The summed E-state index contributed by atoms with van der Waals surface area (Å²) < 4.78 is 9.88. The van der Waals surface area contributed by atoms with Crippen LogP contribution in [0.5, 0.6) is 0 Å². The Bertz CT molecular complexity index is 417. The molecular formula is C14H25NO9. The number of hydrogen-bond acceptors (Lipinski definition) is 9. The molecule has 0 radical (unpaired) electrons. The largest absolute Gasteiger partial charge is 0.481 e. The summed E-state index contributed by atoms with van der Waals surface area (Å²) in [5, 5.41) is 47.2. The molecule has 0 spiro atoms. The zero-order valence-corrected chi connectivity index (χ0v) is 13.2. The molecule has 10 nitrogen and oxygen atoms in total. The summed E-state index contributed by atoms with van der Waals surface area (Å²) >= 11 is 0. The maximum absolute atomic E-state index is 11.9. The lowest BCUT2D eigenvalue weighted by Crippen LogP contribution is -2.59. The number of aliphatic hydroxyl groups is 4. The summed E-state index contributed by atoms with van der Waals surface area (Å²) in [6.07, 6.45) is -6.78. The van der Waals surface area contributed by atoms with Crippen molar-refractivity contribution < 1.29 is 44.6 Å². The van der Waals surface area contributed by atoms with Crippen molar-refractivity contribution in [1.29, 1.82) is 0 Å². The Labute approximate surface area is 138 Å². The fourth-order valence-corrected chi connectivity index (χ4v) is 2.39. The van der Waals surface area contributed by atoms with Crippen molar-refractivity contribution in [3.63, 3.8) is 0 Å². The zero-order chi connectivity index (χ0) is 18.3. The first-order chi connectivity index (χ1) is 11.3. The molecule has 7 N–H and O–H groups in total. The number of hydrogen-bond donors (Lipinski definition) is 6. The number of nitrogens with two attached hydrogens (primary N) is 1. The summed E-state index contributed by atoms with van der Waals surface area (Å²) in [5.74, 6) is -3.05. The van der Waals surface area contributed by atoms with E-state index in [1.54, 1.807) is 0 Å². The highest BCUT2D eigenvalue weighted by Crippen LogP contribution is 2.23. The van der Waals surface area contributed by atoms with Gasteiger partial charge in [-0.05, 0) is 19.4 Å². The number of carboxylic acids is 1. The van der Waals surface area contributed by atoms with E-state index in [2.05, 4.69) is 0 Å².